The maximum Gasteiger partial charge on any atom is 0.434 e. The molecule has 108 valence electrons. The van der Waals surface area contributed by atoms with Crippen LogP contribution in [0.5, 0.6) is 0 Å². The smallest absolute Gasteiger partial charge is 0.434 e. The molecule has 0 spiro atoms. The number of aliphatic hydroxyl groups is 1. The summed E-state index contributed by atoms with van der Waals surface area (Å²) in [5.74, 6) is 0. The average molecular weight is 298 g/mol. The Balaban J connectivity index is 2.86. The lowest BCUT2D eigenvalue weighted by Gasteiger charge is -2.18. The van der Waals surface area contributed by atoms with Gasteiger partial charge in [-0.1, -0.05) is 11.3 Å². The van der Waals surface area contributed by atoms with Gasteiger partial charge in [0, 0.05) is 0 Å². The van der Waals surface area contributed by atoms with Crippen LogP contribution in [0.2, 0.25) is 0 Å². The largest absolute Gasteiger partial charge is 0.444 e. The molecule has 0 bridgehead atoms. The van der Waals surface area contributed by atoms with Crippen molar-refractivity contribution >= 4 is 22.6 Å². The maximum atomic E-state index is 12.5. The van der Waals surface area contributed by atoms with E-state index in [0.29, 0.717) is 11.3 Å². The summed E-state index contributed by atoms with van der Waals surface area (Å²) in [5, 5.41) is 10.7. The molecule has 1 amide bonds. The predicted octanol–water partition coefficient (Wildman–Crippen LogP) is 3.00. The van der Waals surface area contributed by atoms with E-state index < -0.39 is 30.2 Å². The quantitative estimate of drug-likeness (QED) is 0.880. The maximum absolute atomic E-state index is 12.5. The molecular formula is C10H13F3N2O3S. The summed E-state index contributed by atoms with van der Waals surface area (Å²) in [6, 6.07) is 0. The lowest BCUT2D eigenvalue weighted by Crippen LogP contribution is -2.27. The Morgan fingerprint density at radius 2 is 2.00 bits per heavy atom. The van der Waals surface area contributed by atoms with Crippen molar-refractivity contribution < 1.29 is 27.8 Å². The summed E-state index contributed by atoms with van der Waals surface area (Å²) >= 11 is 0.548. The summed E-state index contributed by atoms with van der Waals surface area (Å²) < 4.78 is 42.5. The molecule has 0 saturated heterocycles. The molecule has 2 N–H and O–H groups in total. The fourth-order valence-electron chi connectivity index (χ4n) is 1.12. The second-order valence-electron chi connectivity index (χ2n) is 4.57. The van der Waals surface area contributed by atoms with Crippen LogP contribution in [-0.2, 0) is 17.5 Å². The lowest BCUT2D eigenvalue weighted by atomic mass is 10.2. The molecule has 0 unspecified atom stereocenters. The van der Waals surface area contributed by atoms with Crippen molar-refractivity contribution in [3.05, 3.63) is 10.6 Å². The lowest BCUT2D eigenvalue weighted by molar-refractivity contribution is -0.141. The fourth-order valence-corrected chi connectivity index (χ4v) is 1.95. The van der Waals surface area contributed by atoms with Crippen LogP contribution in [0.4, 0.5) is 23.1 Å². The predicted molar refractivity (Wildman–Crippen MR) is 62.9 cm³/mol. The van der Waals surface area contributed by atoms with Gasteiger partial charge in [-0.25, -0.2) is 9.78 Å². The van der Waals surface area contributed by atoms with Gasteiger partial charge in [-0.15, -0.1) is 0 Å². The Morgan fingerprint density at radius 1 is 1.42 bits per heavy atom. The number of carbonyl (C=O) groups excluding carboxylic acids is 1. The van der Waals surface area contributed by atoms with E-state index in [4.69, 9.17) is 9.84 Å². The molecular weight excluding hydrogens is 285 g/mol. The molecule has 0 fully saturated rings. The van der Waals surface area contributed by atoms with E-state index in [1.165, 1.54) is 0 Å². The third kappa shape index (κ3) is 4.67. The molecule has 1 heterocycles. The van der Waals surface area contributed by atoms with Gasteiger partial charge in [0.2, 0.25) is 0 Å². The first kappa shape index (κ1) is 15.7. The van der Waals surface area contributed by atoms with Crippen LogP contribution in [0.15, 0.2) is 0 Å². The van der Waals surface area contributed by atoms with Crippen molar-refractivity contribution in [2.24, 2.45) is 0 Å². The molecule has 5 nitrogen and oxygen atoms in total. The van der Waals surface area contributed by atoms with E-state index in [2.05, 4.69) is 10.3 Å². The standard InChI is InChI=1S/C10H13F3N2O3S/c1-9(2,3)18-8(17)15-7-14-6(10(11,12)13)5(4-16)19-7/h16H,4H2,1-3H3,(H,14,15,17). The number of nitrogens with one attached hydrogen (secondary N) is 1. The first-order valence-corrected chi connectivity index (χ1v) is 6.02. The molecule has 0 aliphatic heterocycles. The fraction of sp³-hybridized carbons (Fsp3) is 0.600. The summed E-state index contributed by atoms with van der Waals surface area (Å²) in [6.07, 6.45) is -5.58. The summed E-state index contributed by atoms with van der Waals surface area (Å²) in [6.45, 7) is 4.06. The summed E-state index contributed by atoms with van der Waals surface area (Å²) in [5.41, 5.74) is -1.97. The molecule has 9 heteroatoms. The molecule has 0 saturated carbocycles. The highest BCUT2D eigenvalue weighted by Gasteiger charge is 2.37. The second-order valence-corrected chi connectivity index (χ2v) is 5.66. The SMILES string of the molecule is CC(C)(C)OC(=O)Nc1nc(C(F)(F)F)c(CO)s1. The highest BCUT2D eigenvalue weighted by molar-refractivity contribution is 7.15. The topological polar surface area (TPSA) is 71.5 Å². The number of thiazole rings is 1. The zero-order chi connectivity index (χ0) is 14.8. The van der Waals surface area contributed by atoms with Crippen LogP contribution in [0.1, 0.15) is 31.3 Å². The van der Waals surface area contributed by atoms with Crippen molar-refractivity contribution in [1.29, 1.82) is 0 Å². The molecule has 0 aliphatic rings. The van der Waals surface area contributed by atoms with Crippen LogP contribution in [0.25, 0.3) is 0 Å². The summed E-state index contributed by atoms with van der Waals surface area (Å²) in [4.78, 5) is 14.3. The Morgan fingerprint density at radius 3 is 2.37 bits per heavy atom. The van der Waals surface area contributed by atoms with Gasteiger partial charge in [-0.05, 0) is 20.8 Å². The molecule has 0 radical (unpaired) electrons. The van der Waals surface area contributed by atoms with Gasteiger partial charge in [0.1, 0.15) is 5.60 Å². The molecule has 0 atom stereocenters. The van der Waals surface area contributed by atoms with Gasteiger partial charge >= 0.3 is 12.3 Å². The highest BCUT2D eigenvalue weighted by atomic mass is 32.1. The van der Waals surface area contributed by atoms with Crippen molar-refractivity contribution in [2.45, 2.75) is 39.2 Å². The van der Waals surface area contributed by atoms with Crippen molar-refractivity contribution in [1.82, 2.24) is 4.98 Å². The molecule has 0 aromatic carbocycles. The zero-order valence-electron chi connectivity index (χ0n) is 10.5. The number of halogens is 3. The Bertz CT molecular complexity index is 466. The number of rotatable bonds is 2. The van der Waals surface area contributed by atoms with Gasteiger partial charge in [-0.3, -0.25) is 5.32 Å². The van der Waals surface area contributed by atoms with E-state index >= 15 is 0 Å². The molecule has 0 aliphatic carbocycles. The number of aliphatic hydroxyl groups excluding tert-OH is 1. The van der Waals surface area contributed by atoms with E-state index in [0.717, 1.165) is 0 Å². The van der Waals surface area contributed by atoms with Gasteiger partial charge in [0.25, 0.3) is 0 Å². The Hall–Kier alpha value is -1.35. The Kier molecular flexibility index (Phi) is 4.41. The number of hydrogen-bond acceptors (Lipinski definition) is 5. The third-order valence-electron chi connectivity index (χ3n) is 1.72. The highest BCUT2D eigenvalue weighted by Crippen LogP contribution is 2.36. The average Bonchev–Trinajstić information content (AvgIpc) is 2.57. The van der Waals surface area contributed by atoms with Crippen LogP contribution in [-0.4, -0.2) is 21.8 Å². The minimum atomic E-state index is -4.68. The monoisotopic (exact) mass is 298 g/mol. The number of amides is 1. The van der Waals surface area contributed by atoms with Crippen LogP contribution >= 0.6 is 11.3 Å². The minimum absolute atomic E-state index is 0.273. The number of hydrogen-bond donors (Lipinski definition) is 2. The first-order chi connectivity index (χ1) is 8.53. The van der Waals surface area contributed by atoms with E-state index in [1.807, 2.05) is 0 Å². The summed E-state index contributed by atoms with van der Waals surface area (Å²) in [7, 11) is 0. The number of alkyl halides is 3. The number of carbonyl (C=O) groups is 1. The van der Waals surface area contributed by atoms with Gasteiger partial charge < -0.3 is 9.84 Å². The number of aromatic nitrogens is 1. The number of nitrogens with zero attached hydrogens (tertiary/aromatic N) is 1. The number of ether oxygens (including phenoxy) is 1. The zero-order valence-corrected chi connectivity index (χ0v) is 11.3. The van der Waals surface area contributed by atoms with Gasteiger partial charge in [0.05, 0.1) is 11.5 Å². The van der Waals surface area contributed by atoms with Crippen molar-refractivity contribution in [3.8, 4) is 0 Å². The molecule has 1 aromatic rings. The van der Waals surface area contributed by atoms with Crippen molar-refractivity contribution in [3.63, 3.8) is 0 Å². The third-order valence-corrected chi connectivity index (χ3v) is 2.67. The van der Waals surface area contributed by atoms with E-state index in [-0.39, 0.29) is 10.0 Å². The van der Waals surface area contributed by atoms with E-state index in [1.54, 1.807) is 20.8 Å². The molecule has 19 heavy (non-hydrogen) atoms. The first-order valence-electron chi connectivity index (χ1n) is 5.20. The van der Waals surface area contributed by atoms with E-state index in [9.17, 15) is 18.0 Å². The Labute approximate surface area is 111 Å². The van der Waals surface area contributed by atoms with Gasteiger partial charge in [0.15, 0.2) is 10.8 Å². The minimum Gasteiger partial charge on any atom is -0.444 e. The van der Waals surface area contributed by atoms with Crippen LogP contribution < -0.4 is 5.32 Å². The van der Waals surface area contributed by atoms with Crippen LogP contribution in [0.3, 0.4) is 0 Å². The van der Waals surface area contributed by atoms with Crippen LogP contribution in [0, 0.1) is 0 Å². The normalized spacial score (nSPS) is 12.4. The molecule has 1 rings (SSSR count). The second kappa shape index (κ2) is 5.33. The van der Waals surface area contributed by atoms with Crippen molar-refractivity contribution in [2.75, 3.05) is 5.32 Å². The van der Waals surface area contributed by atoms with Gasteiger partial charge in [-0.2, -0.15) is 13.2 Å². The molecule has 1 aromatic heterocycles. The number of anilines is 1.